The Kier molecular flexibility index (Phi) is 7.48. The number of hydrogen-bond acceptors (Lipinski definition) is 3. The molecule has 242 valence electrons. The summed E-state index contributed by atoms with van der Waals surface area (Å²) in [5.41, 5.74) is 17.0. The van der Waals surface area contributed by atoms with Crippen LogP contribution in [-0.4, -0.2) is 15.0 Å². The van der Waals surface area contributed by atoms with Gasteiger partial charge in [0.15, 0.2) is 5.82 Å². The molecule has 3 nitrogen and oxygen atoms in total. The van der Waals surface area contributed by atoms with Gasteiger partial charge >= 0.3 is 0 Å². The second kappa shape index (κ2) is 12.5. The maximum atomic E-state index is 5.11. The molecule has 9 rings (SSSR count). The van der Waals surface area contributed by atoms with Gasteiger partial charge in [0.25, 0.3) is 0 Å². The Morgan fingerprint density at radius 2 is 0.882 bits per heavy atom. The van der Waals surface area contributed by atoms with Crippen molar-refractivity contribution < 1.29 is 0 Å². The number of nitrogens with zero attached hydrogens (tertiary/aromatic N) is 3. The van der Waals surface area contributed by atoms with Crippen LogP contribution >= 0.6 is 0 Å². The minimum absolute atomic E-state index is 0.00290. The molecule has 0 amide bonds. The topological polar surface area (TPSA) is 38.7 Å². The van der Waals surface area contributed by atoms with Gasteiger partial charge in [0, 0.05) is 33.9 Å². The smallest absolute Gasteiger partial charge is 0.160 e. The van der Waals surface area contributed by atoms with Crippen molar-refractivity contribution in [2.24, 2.45) is 0 Å². The van der Waals surface area contributed by atoms with Crippen molar-refractivity contribution in [2.45, 2.75) is 19.3 Å². The third kappa shape index (κ3) is 5.63. The molecular formula is C48H35N3. The number of benzene rings is 6. The van der Waals surface area contributed by atoms with Crippen LogP contribution in [0.15, 0.2) is 176 Å². The van der Waals surface area contributed by atoms with Gasteiger partial charge in [-0.25, -0.2) is 9.97 Å². The van der Waals surface area contributed by atoms with Crippen molar-refractivity contribution in [1.82, 2.24) is 15.0 Å². The minimum Gasteiger partial charge on any atom is -0.256 e. The molecule has 8 aromatic rings. The van der Waals surface area contributed by atoms with Gasteiger partial charge in [-0.05, 0) is 80.9 Å². The van der Waals surface area contributed by atoms with Crippen LogP contribution in [0.4, 0.5) is 0 Å². The summed E-state index contributed by atoms with van der Waals surface area (Å²) in [6.07, 6.45) is 1.82. The van der Waals surface area contributed by atoms with E-state index in [1.165, 1.54) is 38.9 Å². The second-order valence-corrected chi connectivity index (χ2v) is 13.7. The van der Waals surface area contributed by atoms with Gasteiger partial charge in [-0.15, -0.1) is 0 Å². The Morgan fingerprint density at radius 1 is 0.353 bits per heavy atom. The standard InChI is InChI=1S/C48H35N3/c1-48(2)42-19-7-6-18-40(42)41-30-38(25-26-43(41)48)36-15-10-14-35(28-36)37-16-11-17-39(29-37)46-31-45(50-47(51-46)34-12-4-3-5-13-34)33-23-21-32(22-24-33)44-20-8-9-27-49-44/h3-31H,1-2H3. The molecule has 0 bridgehead atoms. The van der Waals surface area contributed by atoms with Crippen LogP contribution in [0, 0.1) is 0 Å². The van der Waals surface area contributed by atoms with Crippen molar-refractivity contribution in [3.63, 3.8) is 0 Å². The van der Waals surface area contributed by atoms with E-state index in [1.807, 2.05) is 42.6 Å². The van der Waals surface area contributed by atoms with Gasteiger partial charge in [0.05, 0.1) is 17.1 Å². The SMILES string of the molecule is CC1(C)c2ccccc2-c2cc(-c3cccc(-c4cccc(-c5cc(-c6ccc(-c7ccccn7)cc6)nc(-c6ccccc6)n5)c4)c3)ccc21. The number of pyridine rings is 1. The quantitative estimate of drug-likeness (QED) is 0.179. The number of fused-ring (bicyclic) bond motifs is 3. The largest absolute Gasteiger partial charge is 0.256 e. The molecule has 0 fully saturated rings. The molecule has 51 heavy (non-hydrogen) atoms. The lowest BCUT2D eigenvalue weighted by atomic mass is 9.82. The van der Waals surface area contributed by atoms with Gasteiger partial charge in [0.2, 0.25) is 0 Å². The highest BCUT2D eigenvalue weighted by Gasteiger charge is 2.35. The Labute approximate surface area is 299 Å². The van der Waals surface area contributed by atoms with Gasteiger partial charge < -0.3 is 0 Å². The van der Waals surface area contributed by atoms with Crippen LogP contribution in [0.3, 0.4) is 0 Å². The summed E-state index contributed by atoms with van der Waals surface area (Å²) < 4.78 is 0. The van der Waals surface area contributed by atoms with E-state index >= 15 is 0 Å². The lowest BCUT2D eigenvalue weighted by Crippen LogP contribution is -2.14. The molecule has 2 aromatic heterocycles. The molecule has 1 aliphatic rings. The Balaban J connectivity index is 1.09. The van der Waals surface area contributed by atoms with E-state index in [0.29, 0.717) is 5.82 Å². The van der Waals surface area contributed by atoms with E-state index in [9.17, 15) is 0 Å². The maximum absolute atomic E-state index is 5.11. The molecule has 0 aliphatic heterocycles. The highest BCUT2D eigenvalue weighted by Crippen LogP contribution is 2.49. The zero-order valence-electron chi connectivity index (χ0n) is 28.6. The molecule has 0 atom stereocenters. The summed E-state index contributed by atoms with van der Waals surface area (Å²) in [4.78, 5) is 14.7. The van der Waals surface area contributed by atoms with Gasteiger partial charge in [-0.1, -0.05) is 147 Å². The molecular weight excluding hydrogens is 619 g/mol. The molecule has 0 radical (unpaired) electrons. The normalized spacial score (nSPS) is 12.7. The van der Waals surface area contributed by atoms with Crippen molar-refractivity contribution >= 4 is 0 Å². The Morgan fingerprint density at radius 3 is 1.59 bits per heavy atom. The summed E-state index contributed by atoms with van der Waals surface area (Å²) in [6, 6.07) is 60.1. The highest BCUT2D eigenvalue weighted by atomic mass is 14.9. The maximum Gasteiger partial charge on any atom is 0.160 e. The van der Waals surface area contributed by atoms with Crippen LogP contribution in [0.2, 0.25) is 0 Å². The third-order valence-corrected chi connectivity index (χ3v) is 10.2. The highest BCUT2D eigenvalue weighted by molar-refractivity contribution is 5.85. The predicted molar refractivity (Wildman–Crippen MR) is 210 cm³/mol. The first-order chi connectivity index (χ1) is 25.0. The van der Waals surface area contributed by atoms with Gasteiger partial charge in [-0.2, -0.15) is 0 Å². The van der Waals surface area contributed by atoms with Crippen molar-refractivity contribution in [3.05, 3.63) is 187 Å². The molecule has 0 saturated carbocycles. The van der Waals surface area contributed by atoms with Crippen molar-refractivity contribution in [2.75, 3.05) is 0 Å². The van der Waals surface area contributed by atoms with E-state index < -0.39 is 0 Å². The summed E-state index contributed by atoms with van der Waals surface area (Å²) in [5, 5.41) is 0. The fraction of sp³-hybridized carbons (Fsp3) is 0.0625. The van der Waals surface area contributed by atoms with E-state index in [0.717, 1.165) is 44.9 Å². The first-order valence-electron chi connectivity index (χ1n) is 17.4. The summed E-state index contributed by atoms with van der Waals surface area (Å²) in [6.45, 7) is 4.65. The summed E-state index contributed by atoms with van der Waals surface area (Å²) in [7, 11) is 0. The molecule has 2 heterocycles. The Bertz CT molecular complexity index is 2530. The second-order valence-electron chi connectivity index (χ2n) is 13.7. The Hall–Kier alpha value is -6.45. The molecule has 0 N–H and O–H groups in total. The molecule has 0 saturated heterocycles. The van der Waals surface area contributed by atoms with Gasteiger partial charge in [0.1, 0.15) is 0 Å². The zero-order chi connectivity index (χ0) is 34.4. The number of rotatable bonds is 6. The van der Waals surface area contributed by atoms with Crippen LogP contribution < -0.4 is 0 Å². The number of hydrogen-bond donors (Lipinski definition) is 0. The monoisotopic (exact) mass is 653 g/mol. The lowest BCUT2D eigenvalue weighted by molar-refractivity contribution is 0.660. The molecule has 0 spiro atoms. The summed E-state index contributed by atoms with van der Waals surface area (Å²) >= 11 is 0. The van der Waals surface area contributed by atoms with Crippen molar-refractivity contribution in [3.8, 4) is 78.5 Å². The van der Waals surface area contributed by atoms with Crippen molar-refractivity contribution in [1.29, 1.82) is 0 Å². The lowest BCUT2D eigenvalue weighted by Gasteiger charge is -2.21. The average molecular weight is 654 g/mol. The number of aromatic nitrogens is 3. The van der Waals surface area contributed by atoms with E-state index in [4.69, 9.17) is 9.97 Å². The first-order valence-corrected chi connectivity index (χ1v) is 17.4. The average Bonchev–Trinajstić information content (AvgIpc) is 3.44. The van der Waals surface area contributed by atoms with Crippen LogP contribution in [0.1, 0.15) is 25.0 Å². The fourth-order valence-electron chi connectivity index (χ4n) is 7.44. The molecule has 1 aliphatic carbocycles. The third-order valence-electron chi connectivity index (χ3n) is 10.2. The fourth-order valence-corrected chi connectivity index (χ4v) is 7.44. The summed E-state index contributed by atoms with van der Waals surface area (Å²) in [5.74, 6) is 0.700. The molecule has 6 aromatic carbocycles. The minimum atomic E-state index is -0.00290. The van der Waals surface area contributed by atoms with E-state index in [1.54, 1.807) is 0 Å². The predicted octanol–water partition coefficient (Wildman–Crippen LogP) is 12.2. The molecule has 0 unspecified atom stereocenters. The first kappa shape index (κ1) is 30.6. The van der Waals surface area contributed by atoms with Crippen LogP contribution in [0.5, 0.6) is 0 Å². The van der Waals surface area contributed by atoms with E-state index in [2.05, 4.69) is 152 Å². The molecule has 3 heteroatoms. The van der Waals surface area contributed by atoms with Crippen LogP contribution in [-0.2, 0) is 5.41 Å². The van der Waals surface area contributed by atoms with Crippen LogP contribution in [0.25, 0.3) is 78.5 Å². The van der Waals surface area contributed by atoms with E-state index in [-0.39, 0.29) is 5.41 Å². The van der Waals surface area contributed by atoms with Gasteiger partial charge in [-0.3, -0.25) is 4.98 Å². The zero-order valence-corrected chi connectivity index (χ0v) is 28.6.